The molecule has 0 aliphatic heterocycles. The fourth-order valence-electron chi connectivity index (χ4n) is 2.40. The number of rotatable bonds is 6. The number of aromatic nitrogens is 2. The first-order valence-corrected chi connectivity index (χ1v) is 7.53. The average Bonchev–Trinajstić information content (AvgIpc) is 2.92. The second kappa shape index (κ2) is 7.60. The van der Waals surface area contributed by atoms with Gasteiger partial charge in [0.15, 0.2) is 11.4 Å². The minimum absolute atomic E-state index is 0.0842. The molecule has 0 bridgehead atoms. The third kappa shape index (κ3) is 3.54. The minimum atomic E-state index is -0.857. The Bertz CT molecular complexity index is 780. The van der Waals surface area contributed by atoms with Gasteiger partial charge in [0.05, 0.1) is 37.6 Å². The predicted octanol–water partition coefficient (Wildman–Crippen LogP) is 2.71. The Labute approximate surface area is 140 Å². The van der Waals surface area contributed by atoms with Crippen LogP contribution in [0.4, 0.5) is 5.69 Å². The SMILES string of the molecule is [C-]#[N+]c1cc(C#N)cc(Oc2c(C(C)O)nn(CCO)c2CC)c1. The molecule has 0 saturated heterocycles. The number of hydrogen-bond donors (Lipinski definition) is 2. The zero-order valence-electron chi connectivity index (χ0n) is 13.5. The molecule has 24 heavy (non-hydrogen) atoms. The maximum Gasteiger partial charge on any atom is 0.192 e. The molecule has 0 spiro atoms. The summed E-state index contributed by atoms with van der Waals surface area (Å²) < 4.78 is 7.48. The summed E-state index contributed by atoms with van der Waals surface area (Å²) in [5.74, 6) is 0.729. The van der Waals surface area contributed by atoms with Crippen molar-refractivity contribution in [3.05, 3.63) is 46.6 Å². The zero-order chi connectivity index (χ0) is 17.7. The van der Waals surface area contributed by atoms with Crippen LogP contribution in [0.2, 0.25) is 0 Å². The van der Waals surface area contributed by atoms with Crippen LogP contribution in [-0.4, -0.2) is 26.6 Å². The molecule has 2 N–H and O–H groups in total. The highest BCUT2D eigenvalue weighted by Gasteiger charge is 2.22. The molecule has 124 valence electrons. The molecule has 7 heteroatoms. The van der Waals surface area contributed by atoms with Crippen molar-refractivity contribution in [3.8, 4) is 17.6 Å². The summed E-state index contributed by atoms with van der Waals surface area (Å²) in [6.07, 6.45) is -0.271. The smallest absolute Gasteiger partial charge is 0.192 e. The number of aliphatic hydroxyl groups is 2. The quantitative estimate of drug-likeness (QED) is 0.796. The Morgan fingerprint density at radius 1 is 1.46 bits per heavy atom. The molecule has 7 nitrogen and oxygen atoms in total. The van der Waals surface area contributed by atoms with Crippen LogP contribution >= 0.6 is 0 Å². The van der Waals surface area contributed by atoms with Crippen LogP contribution in [0, 0.1) is 17.9 Å². The van der Waals surface area contributed by atoms with Crippen molar-refractivity contribution in [2.75, 3.05) is 6.61 Å². The zero-order valence-corrected chi connectivity index (χ0v) is 13.5. The molecule has 1 atom stereocenters. The predicted molar refractivity (Wildman–Crippen MR) is 86.8 cm³/mol. The van der Waals surface area contributed by atoms with Crippen LogP contribution in [-0.2, 0) is 13.0 Å². The fourth-order valence-corrected chi connectivity index (χ4v) is 2.40. The topological polar surface area (TPSA) is 95.7 Å². The van der Waals surface area contributed by atoms with Gasteiger partial charge >= 0.3 is 0 Å². The standard InChI is InChI=1S/C17H18N4O3/c1-4-15-17(16(11(2)23)20-21(15)5-6-22)24-14-8-12(10-18)7-13(9-14)19-3/h7-9,11,22-23H,4-6H2,1-2H3. The largest absolute Gasteiger partial charge is 0.455 e. The Morgan fingerprint density at radius 2 is 2.21 bits per heavy atom. The van der Waals surface area contributed by atoms with Crippen molar-refractivity contribution in [2.24, 2.45) is 0 Å². The second-order valence-electron chi connectivity index (χ2n) is 5.18. The molecule has 0 radical (unpaired) electrons. The van der Waals surface area contributed by atoms with Gasteiger partial charge in [-0.1, -0.05) is 6.92 Å². The molecule has 1 unspecified atom stereocenters. The molecule has 0 amide bonds. The number of hydrogen-bond acceptors (Lipinski definition) is 5. The molecular weight excluding hydrogens is 308 g/mol. The van der Waals surface area contributed by atoms with E-state index in [0.29, 0.717) is 34.9 Å². The van der Waals surface area contributed by atoms with E-state index in [0.717, 1.165) is 5.69 Å². The van der Waals surface area contributed by atoms with Crippen molar-refractivity contribution < 1.29 is 14.9 Å². The van der Waals surface area contributed by atoms with Crippen LogP contribution in [0.15, 0.2) is 18.2 Å². The highest BCUT2D eigenvalue weighted by Crippen LogP contribution is 2.35. The van der Waals surface area contributed by atoms with Gasteiger partial charge in [0.1, 0.15) is 11.4 Å². The van der Waals surface area contributed by atoms with Gasteiger partial charge in [0.2, 0.25) is 0 Å². The molecule has 0 fully saturated rings. The first kappa shape index (κ1) is 17.5. The van der Waals surface area contributed by atoms with Gasteiger partial charge < -0.3 is 14.9 Å². The van der Waals surface area contributed by atoms with Gasteiger partial charge in [0.25, 0.3) is 0 Å². The fraction of sp³-hybridized carbons (Fsp3) is 0.353. The van der Waals surface area contributed by atoms with Gasteiger partial charge in [-0.25, -0.2) is 4.85 Å². The normalized spacial score (nSPS) is 11.6. The molecule has 1 aromatic carbocycles. The summed E-state index contributed by atoms with van der Waals surface area (Å²) in [4.78, 5) is 3.33. The molecule has 1 heterocycles. The van der Waals surface area contributed by atoms with E-state index in [4.69, 9.17) is 16.6 Å². The van der Waals surface area contributed by atoms with E-state index in [-0.39, 0.29) is 13.2 Å². The lowest BCUT2D eigenvalue weighted by Gasteiger charge is -2.10. The lowest BCUT2D eigenvalue weighted by molar-refractivity contribution is 0.189. The summed E-state index contributed by atoms with van der Waals surface area (Å²) >= 11 is 0. The minimum Gasteiger partial charge on any atom is -0.455 e. The van der Waals surface area contributed by atoms with Crippen LogP contribution in [0.5, 0.6) is 11.5 Å². The Hall–Kier alpha value is -2.87. The maximum atomic E-state index is 9.97. The van der Waals surface area contributed by atoms with E-state index < -0.39 is 6.10 Å². The molecular formula is C17H18N4O3. The maximum absolute atomic E-state index is 9.97. The van der Waals surface area contributed by atoms with Crippen molar-refractivity contribution in [3.63, 3.8) is 0 Å². The molecule has 0 aliphatic rings. The number of benzene rings is 1. The lowest BCUT2D eigenvalue weighted by Crippen LogP contribution is -2.08. The first-order valence-electron chi connectivity index (χ1n) is 7.53. The van der Waals surface area contributed by atoms with Gasteiger partial charge in [-0.15, -0.1) is 0 Å². The number of ether oxygens (including phenoxy) is 1. The van der Waals surface area contributed by atoms with Crippen molar-refractivity contribution in [2.45, 2.75) is 32.9 Å². The van der Waals surface area contributed by atoms with Gasteiger partial charge in [0, 0.05) is 5.56 Å². The van der Waals surface area contributed by atoms with Gasteiger partial charge in [-0.3, -0.25) is 4.68 Å². The summed E-state index contributed by atoms with van der Waals surface area (Å²) in [7, 11) is 0. The summed E-state index contributed by atoms with van der Waals surface area (Å²) in [5.41, 5.74) is 1.69. The Kier molecular flexibility index (Phi) is 5.54. The Morgan fingerprint density at radius 3 is 2.75 bits per heavy atom. The van der Waals surface area contributed by atoms with E-state index in [1.165, 1.54) is 18.2 Å². The van der Waals surface area contributed by atoms with E-state index >= 15 is 0 Å². The van der Waals surface area contributed by atoms with Crippen molar-refractivity contribution >= 4 is 5.69 Å². The van der Waals surface area contributed by atoms with E-state index in [1.807, 2.05) is 13.0 Å². The van der Waals surface area contributed by atoms with Crippen LogP contribution < -0.4 is 4.74 Å². The number of nitrogens with zero attached hydrogens (tertiary/aromatic N) is 4. The summed E-state index contributed by atoms with van der Waals surface area (Å²) in [5, 5.41) is 32.5. The Balaban J connectivity index is 2.53. The number of nitriles is 1. The van der Waals surface area contributed by atoms with Crippen LogP contribution in [0.3, 0.4) is 0 Å². The number of aliphatic hydroxyl groups excluding tert-OH is 2. The molecule has 0 saturated carbocycles. The highest BCUT2D eigenvalue weighted by molar-refractivity contribution is 5.56. The summed E-state index contributed by atoms with van der Waals surface area (Å²) in [6.45, 7) is 10.8. The van der Waals surface area contributed by atoms with Crippen LogP contribution in [0.25, 0.3) is 4.85 Å². The van der Waals surface area contributed by atoms with Crippen molar-refractivity contribution in [1.82, 2.24) is 9.78 Å². The monoisotopic (exact) mass is 326 g/mol. The molecule has 2 aromatic rings. The van der Waals surface area contributed by atoms with Crippen LogP contribution in [0.1, 0.15) is 36.9 Å². The third-order valence-corrected chi connectivity index (χ3v) is 3.45. The van der Waals surface area contributed by atoms with Crippen molar-refractivity contribution in [1.29, 1.82) is 5.26 Å². The van der Waals surface area contributed by atoms with E-state index in [9.17, 15) is 10.2 Å². The van der Waals surface area contributed by atoms with E-state index in [1.54, 1.807) is 11.6 Å². The molecule has 1 aromatic heterocycles. The molecule has 0 aliphatic carbocycles. The van der Waals surface area contributed by atoms with E-state index in [2.05, 4.69) is 9.94 Å². The third-order valence-electron chi connectivity index (χ3n) is 3.45. The lowest BCUT2D eigenvalue weighted by atomic mass is 10.2. The van der Waals surface area contributed by atoms with Gasteiger partial charge in [-0.2, -0.15) is 10.4 Å². The van der Waals surface area contributed by atoms with Gasteiger partial charge in [-0.05, 0) is 31.5 Å². The highest BCUT2D eigenvalue weighted by atomic mass is 16.5. The first-order chi connectivity index (χ1) is 11.5. The average molecular weight is 326 g/mol. The summed E-state index contributed by atoms with van der Waals surface area (Å²) in [6, 6.07) is 6.53. The molecule has 2 rings (SSSR count). The second-order valence-corrected chi connectivity index (χ2v) is 5.18.